The highest BCUT2D eigenvalue weighted by Gasteiger charge is 2.26. The molecule has 5 nitrogen and oxygen atoms in total. The van der Waals surface area contributed by atoms with Crippen molar-refractivity contribution in [1.82, 2.24) is 0 Å². The molecule has 5 heteroatoms. The van der Waals surface area contributed by atoms with Crippen molar-refractivity contribution in [1.29, 1.82) is 0 Å². The molecule has 4 rings (SSSR count). The summed E-state index contributed by atoms with van der Waals surface area (Å²) in [4.78, 5) is 34.2. The van der Waals surface area contributed by atoms with E-state index < -0.39 is 0 Å². The molecule has 152 valence electrons. The van der Waals surface area contributed by atoms with E-state index in [1.165, 1.54) is 29.4 Å². The number of carbonyl (C=O) groups is 3. The second kappa shape index (κ2) is 8.70. The van der Waals surface area contributed by atoms with Crippen LogP contribution in [0, 0.1) is 13.8 Å². The Morgan fingerprint density at radius 3 is 1.90 bits per heavy atom. The Balaban J connectivity index is 0.000000166. The third-order valence-electron chi connectivity index (χ3n) is 5.63. The lowest BCUT2D eigenvalue weighted by atomic mass is 9.99. The monoisotopic (exact) mass is 394 g/mol. The van der Waals surface area contributed by atoms with Gasteiger partial charge in [0.1, 0.15) is 11.6 Å². The predicted octanol–water partition coefficient (Wildman–Crippen LogP) is 3.26. The molecular weight excluding hydrogens is 368 g/mol. The summed E-state index contributed by atoms with van der Waals surface area (Å²) in [6, 6.07) is 7.74. The lowest BCUT2D eigenvalue weighted by Gasteiger charge is -2.08. The van der Waals surface area contributed by atoms with Gasteiger partial charge in [-0.3, -0.25) is 9.59 Å². The largest absolute Gasteiger partial charge is 0.465 e. The maximum absolute atomic E-state index is 11.5. The normalized spacial score (nSPS) is 14.2. The number of hydrogen-bond donors (Lipinski definition) is 0. The van der Waals surface area contributed by atoms with Crippen LogP contribution in [-0.2, 0) is 51.4 Å². The van der Waals surface area contributed by atoms with Crippen molar-refractivity contribution in [3.8, 4) is 0 Å². The van der Waals surface area contributed by atoms with E-state index in [0.29, 0.717) is 43.6 Å². The summed E-state index contributed by atoms with van der Waals surface area (Å²) in [5.74, 6) is 0.136. The van der Waals surface area contributed by atoms with Crippen LogP contribution in [0.2, 0.25) is 0 Å². The Labute approximate surface area is 171 Å². The second-order valence-corrected chi connectivity index (χ2v) is 7.59. The molecule has 0 aromatic heterocycles. The lowest BCUT2D eigenvalue weighted by molar-refractivity contribution is -0.117. The molecule has 0 heterocycles. The van der Waals surface area contributed by atoms with Gasteiger partial charge in [0.15, 0.2) is 0 Å². The van der Waals surface area contributed by atoms with Crippen molar-refractivity contribution in [2.45, 2.75) is 46.1 Å². The zero-order chi connectivity index (χ0) is 21.1. The first-order chi connectivity index (χ1) is 13.8. The number of fused-ring (bicyclic) bond motifs is 2. The minimum Gasteiger partial charge on any atom is -0.465 e. The Morgan fingerprint density at radius 1 is 0.793 bits per heavy atom. The van der Waals surface area contributed by atoms with Crippen LogP contribution in [-0.4, -0.2) is 31.8 Å². The van der Waals surface area contributed by atoms with Crippen molar-refractivity contribution in [3.63, 3.8) is 0 Å². The van der Waals surface area contributed by atoms with Gasteiger partial charge in [-0.2, -0.15) is 0 Å². The number of carbonyl (C=O) groups excluding carboxylic acids is 3. The van der Waals surface area contributed by atoms with E-state index >= 15 is 0 Å². The zero-order valence-corrected chi connectivity index (χ0v) is 17.4. The van der Waals surface area contributed by atoms with E-state index in [2.05, 4.69) is 23.8 Å². The third kappa shape index (κ3) is 4.30. The smallest absolute Gasteiger partial charge is 0.338 e. The van der Waals surface area contributed by atoms with E-state index in [1.54, 1.807) is 13.2 Å². The van der Waals surface area contributed by atoms with Crippen LogP contribution < -0.4 is 0 Å². The first kappa shape index (κ1) is 20.9. The molecule has 2 aliphatic rings. The fourth-order valence-electron chi connectivity index (χ4n) is 4.09. The van der Waals surface area contributed by atoms with E-state index in [4.69, 9.17) is 4.74 Å². The second-order valence-electron chi connectivity index (χ2n) is 7.59. The average Bonchev–Trinajstić information content (AvgIpc) is 3.28. The number of ether oxygens (including phenoxy) is 2. The van der Waals surface area contributed by atoms with Gasteiger partial charge in [-0.1, -0.05) is 18.2 Å². The van der Waals surface area contributed by atoms with Gasteiger partial charge < -0.3 is 9.47 Å². The van der Waals surface area contributed by atoms with Gasteiger partial charge in [0, 0.05) is 32.8 Å². The van der Waals surface area contributed by atoms with Crippen LogP contribution in [0.5, 0.6) is 0 Å². The maximum Gasteiger partial charge on any atom is 0.338 e. The minimum absolute atomic E-state index is 0.171. The van der Waals surface area contributed by atoms with Crippen LogP contribution in [0.3, 0.4) is 0 Å². The Kier molecular flexibility index (Phi) is 6.28. The molecule has 0 radical (unpaired) electrons. The third-order valence-corrected chi connectivity index (χ3v) is 5.63. The molecule has 0 N–H and O–H groups in total. The highest BCUT2D eigenvalue weighted by Crippen LogP contribution is 2.28. The molecule has 0 saturated heterocycles. The van der Waals surface area contributed by atoms with Crippen LogP contribution in [0.25, 0.3) is 0 Å². The first-order valence-electron chi connectivity index (χ1n) is 9.68. The summed E-state index contributed by atoms with van der Waals surface area (Å²) in [6.45, 7) is 4.63. The quantitative estimate of drug-likeness (QED) is 0.748. The Morgan fingerprint density at radius 2 is 1.31 bits per heavy atom. The van der Waals surface area contributed by atoms with Crippen molar-refractivity contribution in [2.75, 3.05) is 14.2 Å². The van der Waals surface area contributed by atoms with Crippen molar-refractivity contribution in [2.24, 2.45) is 0 Å². The number of aryl methyl sites for hydroxylation is 2. The van der Waals surface area contributed by atoms with E-state index in [9.17, 15) is 14.4 Å². The molecular formula is C24H26O5. The molecule has 2 aromatic rings. The first-order valence-corrected chi connectivity index (χ1v) is 9.68. The van der Waals surface area contributed by atoms with Crippen molar-refractivity contribution in [3.05, 3.63) is 68.8 Å². The van der Waals surface area contributed by atoms with Gasteiger partial charge in [-0.15, -0.1) is 0 Å². The number of methoxy groups -OCH3 is 2. The molecule has 0 bridgehead atoms. The molecule has 0 spiro atoms. The molecule has 0 atom stereocenters. The Hall–Kier alpha value is -2.79. The molecule has 2 aromatic carbocycles. The molecule has 0 amide bonds. The standard InChI is InChI=1S/C12H12O3.C12H14O2/c1-7-3-4-9(12(14)15-2)11-6-8(13)5-10(7)11;1-8-3-4-9(7-14-2)12-6-10(13)5-11(8)12/h3-4H,5-6H2,1-2H3;3-4H,5-7H2,1-2H3. The summed E-state index contributed by atoms with van der Waals surface area (Å²) in [6.07, 6.45) is 2.02. The number of ketones is 2. The van der Waals surface area contributed by atoms with Gasteiger partial charge >= 0.3 is 5.97 Å². The summed E-state index contributed by atoms with van der Waals surface area (Å²) in [5.41, 5.74) is 8.29. The zero-order valence-electron chi connectivity index (χ0n) is 17.4. The summed E-state index contributed by atoms with van der Waals surface area (Å²) >= 11 is 0. The molecule has 29 heavy (non-hydrogen) atoms. The number of esters is 1. The Bertz CT molecular complexity index is 987. The SMILES string of the molecule is COC(=O)c1ccc(C)c2c1CC(=O)C2.COCc1ccc(C)c2c1CC(=O)C2. The van der Waals surface area contributed by atoms with Gasteiger partial charge in [0.25, 0.3) is 0 Å². The molecule has 2 aliphatic carbocycles. The van der Waals surface area contributed by atoms with E-state index in [-0.39, 0.29) is 11.8 Å². The molecule has 0 unspecified atom stereocenters. The van der Waals surface area contributed by atoms with E-state index in [1.807, 2.05) is 13.0 Å². The van der Waals surface area contributed by atoms with Gasteiger partial charge in [-0.25, -0.2) is 4.79 Å². The van der Waals surface area contributed by atoms with E-state index in [0.717, 1.165) is 16.7 Å². The highest BCUT2D eigenvalue weighted by atomic mass is 16.5. The fourth-order valence-corrected chi connectivity index (χ4v) is 4.09. The van der Waals surface area contributed by atoms with Crippen LogP contribution in [0.15, 0.2) is 24.3 Å². The molecule has 0 saturated carbocycles. The molecule has 0 fully saturated rings. The summed E-state index contributed by atoms with van der Waals surface area (Å²) in [5, 5.41) is 0. The maximum atomic E-state index is 11.5. The molecule has 0 aliphatic heterocycles. The van der Waals surface area contributed by atoms with Gasteiger partial charge in [0.2, 0.25) is 0 Å². The summed E-state index contributed by atoms with van der Waals surface area (Å²) < 4.78 is 9.80. The minimum atomic E-state index is -0.360. The lowest BCUT2D eigenvalue weighted by Crippen LogP contribution is -2.06. The number of hydrogen-bond acceptors (Lipinski definition) is 5. The predicted molar refractivity (Wildman–Crippen MR) is 109 cm³/mol. The fraction of sp³-hybridized carbons (Fsp3) is 0.375. The summed E-state index contributed by atoms with van der Waals surface area (Å²) in [7, 11) is 3.04. The number of Topliss-reactive ketones (excluding diaryl/α,β-unsaturated/α-hetero) is 2. The number of benzene rings is 2. The van der Waals surface area contributed by atoms with Crippen molar-refractivity contribution >= 4 is 17.5 Å². The van der Waals surface area contributed by atoms with Crippen molar-refractivity contribution < 1.29 is 23.9 Å². The highest BCUT2D eigenvalue weighted by molar-refractivity contribution is 5.97. The topological polar surface area (TPSA) is 69.7 Å². The number of rotatable bonds is 3. The van der Waals surface area contributed by atoms with Crippen LogP contribution in [0.1, 0.15) is 49.3 Å². The van der Waals surface area contributed by atoms with Gasteiger partial charge in [-0.05, 0) is 58.9 Å². The van der Waals surface area contributed by atoms with Gasteiger partial charge in [0.05, 0.1) is 19.3 Å². The van der Waals surface area contributed by atoms with Crippen LogP contribution >= 0.6 is 0 Å². The van der Waals surface area contributed by atoms with Crippen LogP contribution in [0.4, 0.5) is 0 Å². The average molecular weight is 394 g/mol.